The van der Waals surface area contributed by atoms with Crippen LogP contribution < -0.4 is 9.80 Å². The lowest BCUT2D eigenvalue weighted by Gasteiger charge is -2.29. The Morgan fingerprint density at radius 3 is 1.93 bits per heavy atom. The molecule has 4 heteroatoms. The lowest BCUT2D eigenvalue weighted by Crippen LogP contribution is -2.36. The van der Waals surface area contributed by atoms with Crippen LogP contribution in [0.15, 0.2) is 78.9 Å². The van der Waals surface area contributed by atoms with Gasteiger partial charge in [-0.3, -0.25) is 4.79 Å². The Hall–Kier alpha value is -3.11. The van der Waals surface area contributed by atoms with Gasteiger partial charge < -0.3 is 14.5 Å². The van der Waals surface area contributed by atoms with Crippen LogP contribution in [-0.4, -0.2) is 39.1 Å². The Labute approximate surface area is 166 Å². The van der Waals surface area contributed by atoms with Gasteiger partial charge in [-0.15, -0.1) is 0 Å². The van der Waals surface area contributed by atoms with Crippen LogP contribution in [0.3, 0.4) is 0 Å². The van der Waals surface area contributed by atoms with Crippen LogP contribution in [0, 0.1) is 0 Å². The highest BCUT2D eigenvalue weighted by molar-refractivity contribution is 6.09. The van der Waals surface area contributed by atoms with Crippen LogP contribution in [0.1, 0.15) is 15.9 Å². The summed E-state index contributed by atoms with van der Waals surface area (Å²) in [6.07, 6.45) is 0. The molecule has 0 N–H and O–H groups in total. The van der Waals surface area contributed by atoms with Gasteiger partial charge in [0.15, 0.2) is 5.78 Å². The standard InChI is InChI=1S/C24H24N2O2/c1-25(22-11-13-23(14-12-22)26-15-17-28-18-16-26)21-9-7-20(8-10-21)24(27)19-5-3-2-4-6-19/h2-14H,15-18H2,1H3. The van der Waals surface area contributed by atoms with E-state index in [2.05, 4.69) is 34.1 Å². The molecule has 28 heavy (non-hydrogen) atoms. The van der Waals surface area contributed by atoms with Crippen molar-refractivity contribution in [3.63, 3.8) is 0 Å². The number of anilines is 3. The number of benzene rings is 3. The zero-order valence-electron chi connectivity index (χ0n) is 16.0. The van der Waals surface area contributed by atoms with Gasteiger partial charge in [0, 0.05) is 48.3 Å². The van der Waals surface area contributed by atoms with E-state index >= 15 is 0 Å². The van der Waals surface area contributed by atoms with Crippen LogP contribution in [0.5, 0.6) is 0 Å². The summed E-state index contributed by atoms with van der Waals surface area (Å²) in [6, 6.07) is 25.7. The number of ether oxygens (including phenoxy) is 1. The van der Waals surface area contributed by atoms with Crippen molar-refractivity contribution in [1.29, 1.82) is 0 Å². The normalized spacial score (nSPS) is 14.0. The van der Waals surface area contributed by atoms with Gasteiger partial charge in [0.1, 0.15) is 0 Å². The number of hydrogen-bond donors (Lipinski definition) is 0. The van der Waals surface area contributed by atoms with Crippen molar-refractivity contribution in [1.82, 2.24) is 0 Å². The smallest absolute Gasteiger partial charge is 0.193 e. The average Bonchev–Trinajstić information content (AvgIpc) is 2.79. The Kier molecular flexibility index (Phi) is 5.40. The first-order chi connectivity index (χ1) is 13.7. The van der Waals surface area contributed by atoms with Gasteiger partial charge in [-0.1, -0.05) is 30.3 Å². The number of carbonyl (C=O) groups excluding carboxylic acids is 1. The molecule has 0 bridgehead atoms. The van der Waals surface area contributed by atoms with Crippen molar-refractivity contribution < 1.29 is 9.53 Å². The second-order valence-electron chi connectivity index (χ2n) is 6.92. The molecule has 4 nitrogen and oxygen atoms in total. The van der Waals surface area contributed by atoms with Gasteiger partial charge in [0.2, 0.25) is 0 Å². The van der Waals surface area contributed by atoms with Crippen molar-refractivity contribution in [2.75, 3.05) is 43.2 Å². The average molecular weight is 372 g/mol. The zero-order valence-corrected chi connectivity index (χ0v) is 16.0. The predicted octanol–water partition coefficient (Wildman–Crippen LogP) is 4.52. The first kappa shape index (κ1) is 18.3. The molecule has 3 aromatic rings. The molecule has 0 amide bonds. The van der Waals surface area contributed by atoms with E-state index in [-0.39, 0.29) is 5.78 Å². The lowest BCUT2D eigenvalue weighted by atomic mass is 10.0. The molecule has 1 aliphatic heterocycles. The fourth-order valence-corrected chi connectivity index (χ4v) is 3.45. The first-order valence-electron chi connectivity index (χ1n) is 9.59. The van der Waals surface area contributed by atoms with Crippen molar-refractivity contribution >= 4 is 22.8 Å². The number of nitrogens with zero attached hydrogens (tertiary/aromatic N) is 2. The fourth-order valence-electron chi connectivity index (χ4n) is 3.45. The summed E-state index contributed by atoms with van der Waals surface area (Å²) < 4.78 is 5.42. The highest BCUT2D eigenvalue weighted by Crippen LogP contribution is 2.27. The molecule has 1 heterocycles. The molecule has 4 rings (SSSR count). The Balaban J connectivity index is 1.47. The molecular weight excluding hydrogens is 348 g/mol. The number of rotatable bonds is 5. The van der Waals surface area contributed by atoms with E-state index in [1.807, 2.05) is 61.6 Å². The second-order valence-corrected chi connectivity index (χ2v) is 6.92. The number of carbonyl (C=O) groups is 1. The van der Waals surface area contributed by atoms with Crippen LogP contribution in [-0.2, 0) is 4.74 Å². The zero-order chi connectivity index (χ0) is 19.3. The third-order valence-corrected chi connectivity index (χ3v) is 5.17. The molecule has 142 valence electrons. The Morgan fingerprint density at radius 2 is 1.32 bits per heavy atom. The minimum absolute atomic E-state index is 0.0460. The largest absolute Gasteiger partial charge is 0.378 e. The van der Waals surface area contributed by atoms with Crippen molar-refractivity contribution in [2.45, 2.75) is 0 Å². The quantitative estimate of drug-likeness (QED) is 0.617. The van der Waals surface area contributed by atoms with E-state index in [1.165, 1.54) is 5.69 Å². The topological polar surface area (TPSA) is 32.8 Å². The summed E-state index contributed by atoms with van der Waals surface area (Å²) in [5, 5.41) is 0. The Bertz CT molecular complexity index is 915. The van der Waals surface area contributed by atoms with E-state index in [1.54, 1.807) is 0 Å². The van der Waals surface area contributed by atoms with Crippen molar-refractivity contribution in [3.05, 3.63) is 90.0 Å². The number of hydrogen-bond acceptors (Lipinski definition) is 4. The maximum Gasteiger partial charge on any atom is 0.193 e. The predicted molar refractivity (Wildman–Crippen MR) is 114 cm³/mol. The van der Waals surface area contributed by atoms with Crippen LogP contribution in [0.25, 0.3) is 0 Å². The Morgan fingerprint density at radius 1 is 0.786 bits per heavy atom. The molecule has 0 unspecified atom stereocenters. The van der Waals surface area contributed by atoms with Crippen molar-refractivity contribution in [2.24, 2.45) is 0 Å². The molecule has 0 saturated carbocycles. The van der Waals surface area contributed by atoms with Gasteiger partial charge in [-0.25, -0.2) is 0 Å². The summed E-state index contributed by atoms with van der Waals surface area (Å²) in [5.41, 5.74) is 4.79. The molecule has 1 fully saturated rings. The first-order valence-corrected chi connectivity index (χ1v) is 9.59. The molecule has 1 aliphatic rings. The highest BCUT2D eigenvalue weighted by Gasteiger charge is 2.13. The van der Waals surface area contributed by atoms with Crippen LogP contribution in [0.2, 0.25) is 0 Å². The van der Waals surface area contributed by atoms with Crippen LogP contribution >= 0.6 is 0 Å². The molecule has 0 atom stereocenters. The third kappa shape index (κ3) is 3.92. The van der Waals surface area contributed by atoms with E-state index in [0.29, 0.717) is 11.1 Å². The summed E-state index contributed by atoms with van der Waals surface area (Å²) in [7, 11) is 2.04. The van der Waals surface area contributed by atoms with Gasteiger partial charge in [0.05, 0.1) is 13.2 Å². The minimum atomic E-state index is 0.0460. The summed E-state index contributed by atoms with van der Waals surface area (Å²) in [6.45, 7) is 3.45. The highest BCUT2D eigenvalue weighted by atomic mass is 16.5. The maximum absolute atomic E-state index is 12.6. The summed E-state index contributed by atoms with van der Waals surface area (Å²) in [4.78, 5) is 17.0. The van der Waals surface area contributed by atoms with Gasteiger partial charge >= 0.3 is 0 Å². The molecule has 0 radical (unpaired) electrons. The van der Waals surface area contributed by atoms with Crippen molar-refractivity contribution in [3.8, 4) is 0 Å². The number of ketones is 1. The molecule has 0 spiro atoms. The summed E-state index contributed by atoms with van der Waals surface area (Å²) in [5.74, 6) is 0.0460. The SMILES string of the molecule is CN(c1ccc(C(=O)c2ccccc2)cc1)c1ccc(N2CCOCC2)cc1. The molecule has 0 aromatic heterocycles. The van der Waals surface area contributed by atoms with Gasteiger partial charge in [-0.05, 0) is 48.5 Å². The van der Waals surface area contributed by atoms with E-state index in [4.69, 9.17) is 4.74 Å². The molecule has 0 aliphatic carbocycles. The lowest BCUT2D eigenvalue weighted by molar-refractivity contribution is 0.103. The maximum atomic E-state index is 12.6. The van der Waals surface area contributed by atoms with E-state index in [9.17, 15) is 4.79 Å². The monoisotopic (exact) mass is 372 g/mol. The molecule has 3 aromatic carbocycles. The fraction of sp³-hybridized carbons (Fsp3) is 0.208. The third-order valence-electron chi connectivity index (χ3n) is 5.17. The second kappa shape index (κ2) is 8.28. The molecule has 1 saturated heterocycles. The van der Waals surface area contributed by atoms with Gasteiger partial charge in [0.25, 0.3) is 0 Å². The molecular formula is C24H24N2O2. The van der Waals surface area contributed by atoms with Gasteiger partial charge in [-0.2, -0.15) is 0 Å². The van der Waals surface area contributed by atoms with E-state index in [0.717, 1.165) is 37.7 Å². The summed E-state index contributed by atoms with van der Waals surface area (Å²) >= 11 is 0. The van der Waals surface area contributed by atoms with E-state index < -0.39 is 0 Å². The minimum Gasteiger partial charge on any atom is -0.378 e. The number of morpholine rings is 1. The van der Waals surface area contributed by atoms with Crippen LogP contribution in [0.4, 0.5) is 17.1 Å².